The van der Waals surface area contributed by atoms with E-state index >= 15 is 0 Å². The molecule has 0 atom stereocenters. The zero-order valence-corrected chi connectivity index (χ0v) is 40.2. The van der Waals surface area contributed by atoms with Gasteiger partial charge in [0.15, 0.2) is 0 Å². The maximum atomic E-state index is 13.0. The molecule has 0 aromatic heterocycles. The van der Waals surface area contributed by atoms with Crippen molar-refractivity contribution in [1.29, 1.82) is 0 Å². The fourth-order valence-electron chi connectivity index (χ4n) is 9.43. The number of carboxylic acids is 3. The molecule has 0 unspecified atom stereocenters. The summed E-state index contributed by atoms with van der Waals surface area (Å²) in [4.78, 5) is 34.2. The molecule has 0 saturated heterocycles. The average Bonchev–Trinajstić information content (AvgIpc) is 3.22. The minimum Gasteiger partial charge on any atom is -0.481 e. The first-order chi connectivity index (χ1) is 29.3. The van der Waals surface area contributed by atoms with E-state index in [1.54, 1.807) is 0 Å². The molecule has 0 aliphatic carbocycles. The number of carboxylic acid groups (broad SMARTS) is 3. The van der Waals surface area contributed by atoms with Gasteiger partial charge in [0.2, 0.25) is 0 Å². The Hall–Kier alpha value is -1.59. The highest BCUT2D eigenvalue weighted by Gasteiger charge is 2.36. The number of rotatable bonds is 52. The molecule has 0 spiro atoms. The molecule has 356 valence electrons. The smallest absolute Gasteiger partial charge is 0.309 e. The van der Waals surface area contributed by atoms with Gasteiger partial charge in [-0.15, -0.1) is 0 Å². The standard InChI is InChI=1S/C54H104O6/c1-2-3-4-5-6-7-8-9-18-23-28-33-38-43-48-54(53(59)60,49-44-39-34-29-24-19-14-10-12-16-21-26-31-36-41-46-51(55)56)50-45-40-35-30-25-20-15-11-13-17-22-27-32-37-42-47-52(57)58/h2-50H2,1H3,(H,55,56)(H,57,58)(H,59,60). The van der Waals surface area contributed by atoms with Gasteiger partial charge >= 0.3 is 17.9 Å². The first-order valence-electron chi connectivity index (χ1n) is 27.0. The Kier molecular flexibility index (Phi) is 45.7. The third-order valence-corrected chi connectivity index (χ3v) is 13.6. The van der Waals surface area contributed by atoms with Crippen LogP contribution in [0.5, 0.6) is 0 Å². The van der Waals surface area contributed by atoms with Crippen LogP contribution in [0.2, 0.25) is 0 Å². The molecule has 0 saturated carbocycles. The van der Waals surface area contributed by atoms with Crippen molar-refractivity contribution < 1.29 is 29.7 Å². The predicted molar refractivity (Wildman–Crippen MR) is 257 cm³/mol. The van der Waals surface area contributed by atoms with Gasteiger partial charge in [-0.05, 0) is 32.1 Å². The third kappa shape index (κ3) is 43.1. The Morgan fingerprint density at radius 1 is 0.267 bits per heavy atom. The summed E-state index contributed by atoms with van der Waals surface area (Å²) in [6.45, 7) is 2.29. The lowest BCUT2D eigenvalue weighted by Gasteiger charge is -2.30. The van der Waals surface area contributed by atoms with E-state index in [2.05, 4.69) is 6.92 Å². The van der Waals surface area contributed by atoms with Crippen LogP contribution in [0.1, 0.15) is 322 Å². The van der Waals surface area contributed by atoms with Gasteiger partial charge in [-0.2, -0.15) is 0 Å². The lowest BCUT2D eigenvalue weighted by Crippen LogP contribution is -2.31. The molecule has 0 aromatic rings. The van der Waals surface area contributed by atoms with Crippen LogP contribution in [0.25, 0.3) is 0 Å². The number of carbonyl (C=O) groups is 3. The van der Waals surface area contributed by atoms with Crippen LogP contribution in [0, 0.1) is 5.41 Å². The molecule has 0 rings (SSSR count). The Balaban J connectivity index is 4.32. The van der Waals surface area contributed by atoms with E-state index in [9.17, 15) is 19.5 Å². The lowest BCUT2D eigenvalue weighted by molar-refractivity contribution is -0.151. The highest BCUT2D eigenvalue weighted by atomic mass is 16.4. The topological polar surface area (TPSA) is 112 Å². The molecule has 0 bridgehead atoms. The largest absolute Gasteiger partial charge is 0.481 e. The maximum Gasteiger partial charge on any atom is 0.309 e. The quantitative estimate of drug-likeness (QED) is 0.0526. The van der Waals surface area contributed by atoms with Gasteiger partial charge in [0.05, 0.1) is 5.41 Å². The van der Waals surface area contributed by atoms with Gasteiger partial charge < -0.3 is 15.3 Å². The van der Waals surface area contributed by atoms with Crippen molar-refractivity contribution in [2.24, 2.45) is 5.41 Å². The van der Waals surface area contributed by atoms with Crippen molar-refractivity contribution >= 4 is 17.9 Å². The second-order valence-corrected chi connectivity index (χ2v) is 19.3. The van der Waals surface area contributed by atoms with E-state index < -0.39 is 23.3 Å². The minimum absolute atomic E-state index is 0.315. The number of hydrogen-bond acceptors (Lipinski definition) is 3. The summed E-state index contributed by atoms with van der Waals surface area (Å²) in [5.41, 5.74) is -0.520. The first kappa shape index (κ1) is 58.4. The van der Waals surface area contributed by atoms with Crippen LogP contribution >= 0.6 is 0 Å². The van der Waals surface area contributed by atoms with Crippen molar-refractivity contribution in [2.45, 2.75) is 322 Å². The number of hydrogen-bond donors (Lipinski definition) is 3. The van der Waals surface area contributed by atoms with Gasteiger partial charge in [-0.3, -0.25) is 14.4 Å². The third-order valence-electron chi connectivity index (χ3n) is 13.6. The monoisotopic (exact) mass is 849 g/mol. The van der Waals surface area contributed by atoms with Crippen molar-refractivity contribution in [3.63, 3.8) is 0 Å². The van der Waals surface area contributed by atoms with Gasteiger partial charge in [-0.1, -0.05) is 277 Å². The zero-order chi connectivity index (χ0) is 43.9. The van der Waals surface area contributed by atoms with Crippen molar-refractivity contribution in [3.8, 4) is 0 Å². The second kappa shape index (κ2) is 46.9. The van der Waals surface area contributed by atoms with E-state index in [0.717, 1.165) is 64.2 Å². The fourth-order valence-corrected chi connectivity index (χ4v) is 9.43. The SMILES string of the molecule is CCCCCCCCCCCCCCCCC(CCCCCCCCCCCCCCCCCC(=O)O)(CCCCCCCCCCCCCCCCCC(=O)O)C(=O)O. The normalized spacial score (nSPS) is 11.8. The summed E-state index contributed by atoms with van der Waals surface area (Å²) in [5, 5.41) is 28.1. The summed E-state index contributed by atoms with van der Waals surface area (Å²) in [6, 6.07) is 0. The van der Waals surface area contributed by atoms with E-state index in [-0.39, 0.29) is 0 Å². The summed E-state index contributed by atoms with van der Waals surface area (Å²) >= 11 is 0. The second-order valence-electron chi connectivity index (χ2n) is 19.3. The zero-order valence-electron chi connectivity index (χ0n) is 40.2. The molecule has 0 aromatic carbocycles. The summed E-state index contributed by atoms with van der Waals surface area (Å²) in [5.74, 6) is -1.86. The van der Waals surface area contributed by atoms with Crippen molar-refractivity contribution in [2.75, 3.05) is 0 Å². The fraction of sp³-hybridized carbons (Fsp3) is 0.944. The summed E-state index contributed by atoms with van der Waals surface area (Å²) in [7, 11) is 0. The van der Waals surface area contributed by atoms with Gasteiger partial charge in [0, 0.05) is 12.8 Å². The van der Waals surface area contributed by atoms with E-state index in [4.69, 9.17) is 10.2 Å². The van der Waals surface area contributed by atoms with E-state index in [1.807, 2.05) is 0 Å². The molecule has 0 aliphatic heterocycles. The molecule has 0 amide bonds. The molecule has 0 radical (unpaired) electrons. The molecule has 6 nitrogen and oxygen atoms in total. The molecule has 6 heteroatoms. The highest BCUT2D eigenvalue weighted by molar-refractivity contribution is 5.74. The van der Waals surface area contributed by atoms with Crippen molar-refractivity contribution in [1.82, 2.24) is 0 Å². The highest BCUT2D eigenvalue weighted by Crippen LogP contribution is 2.38. The molecule has 3 N–H and O–H groups in total. The van der Waals surface area contributed by atoms with E-state index in [0.29, 0.717) is 12.8 Å². The van der Waals surface area contributed by atoms with E-state index in [1.165, 1.54) is 238 Å². The summed E-state index contributed by atoms with van der Waals surface area (Å²) in [6.07, 6.45) is 58.5. The Morgan fingerprint density at radius 3 is 0.600 bits per heavy atom. The van der Waals surface area contributed by atoms with Crippen molar-refractivity contribution in [3.05, 3.63) is 0 Å². The number of aliphatic carboxylic acids is 3. The Morgan fingerprint density at radius 2 is 0.433 bits per heavy atom. The molecular weight excluding hydrogens is 745 g/mol. The van der Waals surface area contributed by atoms with Crippen LogP contribution in [0.15, 0.2) is 0 Å². The molecule has 0 heterocycles. The summed E-state index contributed by atoms with van der Waals surface area (Å²) < 4.78 is 0. The van der Waals surface area contributed by atoms with Gasteiger partial charge in [-0.25, -0.2) is 0 Å². The molecule has 60 heavy (non-hydrogen) atoms. The first-order valence-corrected chi connectivity index (χ1v) is 27.0. The van der Waals surface area contributed by atoms with Crippen LogP contribution in [0.3, 0.4) is 0 Å². The van der Waals surface area contributed by atoms with Gasteiger partial charge in [0.25, 0.3) is 0 Å². The predicted octanol–water partition coefficient (Wildman–Crippen LogP) is 18.4. The van der Waals surface area contributed by atoms with Crippen LogP contribution in [0.4, 0.5) is 0 Å². The van der Waals surface area contributed by atoms with Gasteiger partial charge in [0.1, 0.15) is 0 Å². The Bertz CT molecular complexity index is 870. The average molecular weight is 849 g/mol. The van der Waals surface area contributed by atoms with Crippen LogP contribution < -0.4 is 0 Å². The lowest BCUT2D eigenvalue weighted by atomic mass is 9.74. The molecule has 0 fully saturated rings. The Labute approximate surface area is 373 Å². The van der Waals surface area contributed by atoms with Crippen LogP contribution in [-0.4, -0.2) is 33.2 Å². The molecule has 0 aliphatic rings. The van der Waals surface area contributed by atoms with Crippen LogP contribution in [-0.2, 0) is 14.4 Å². The maximum absolute atomic E-state index is 13.0. The number of unbranched alkanes of at least 4 members (excludes halogenated alkanes) is 41. The minimum atomic E-state index is -0.672. The molecular formula is C54H104O6.